The summed E-state index contributed by atoms with van der Waals surface area (Å²) in [6.45, 7) is 4.07. The van der Waals surface area contributed by atoms with Crippen LogP contribution in [-0.2, 0) is 17.8 Å². The van der Waals surface area contributed by atoms with E-state index < -0.39 is 11.6 Å². The van der Waals surface area contributed by atoms with Gasteiger partial charge in [-0.15, -0.1) is 0 Å². The fourth-order valence-electron chi connectivity index (χ4n) is 3.83. The molecule has 5 nitrogen and oxygen atoms in total. The van der Waals surface area contributed by atoms with E-state index >= 15 is 0 Å². The van der Waals surface area contributed by atoms with Crippen molar-refractivity contribution in [3.63, 3.8) is 0 Å². The van der Waals surface area contributed by atoms with Crippen molar-refractivity contribution in [3.05, 3.63) is 99.4 Å². The molecule has 32 heavy (non-hydrogen) atoms. The summed E-state index contributed by atoms with van der Waals surface area (Å²) in [6, 6.07) is 22.1. The molecule has 1 aromatic heterocycles. The van der Waals surface area contributed by atoms with Gasteiger partial charge in [-0.1, -0.05) is 54.6 Å². The summed E-state index contributed by atoms with van der Waals surface area (Å²) in [6.07, 6.45) is 0.0378. The molecule has 0 aliphatic rings. The van der Waals surface area contributed by atoms with Crippen LogP contribution in [-0.4, -0.2) is 11.1 Å². The minimum absolute atomic E-state index is 0.111. The Balaban J connectivity index is 1.55. The van der Waals surface area contributed by atoms with Crippen molar-refractivity contribution in [2.24, 2.45) is 0 Å². The monoisotopic (exact) mass is 428 g/mol. The summed E-state index contributed by atoms with van der Waals surface area (Å²) < 4.78 is 11.6. The number of aliphatic carboxylic acids is 1. The number of fused-ring (bicyclic) bond motifs is 1. The van der Waals surface area contributed by atoms with Crippen molar-refractivity contribution in [1.82, 2.24) is 0 Å². The molecule has 0 fully saturated rings. The van der Waals surface area contributed by atoms with Crippen LogP contribution in [0.2, 0.25) is 0 Å². The van der Waals surface area contributed by atoms with Gasteiger partial charge in [-0.25, -0.2) is 4.79 Å². The van der Waals surface area contributed by atoms with Crippen LogP contribution in [0.4, 0.5) is 0 Å². The Morgan fingerprint density at radius 2 is 1.59 bits per heavy atom. The number of benzene rings is 3. The fourth-order valence-corrected chi connectivity index (χ4v) is 3.83. The highest BCUT2D eigenvalue weighted by molar-refractivity contribution is 5.85. The van der Waals surface area contributed by atoms with Crippen LogP contribution < -0.4 is 10.4 Å². The van der Waals surface area contributed by atoms with Crippen LogP contribution in [0, 0.1) is 13.8 Å². The Morgan fingerprint density at radius 3 is 2.28 bits per heavy atom. The van der Waals surface area contributed by atoms with E-state index in [4.69, 9.17) is 14.3 Å². The molecular weight excluding hydrogens is 404 g/mol. The van der Waals surface area contributed by atoms with E-state index in [0.29, 0.717) is 23.5 Å². The summed E-state index contributed by atoms with van der Waals surface area (Å²) in [4.78, 5) is 23.3. The van der Waals surface area contributed by atoms with Crippen molar-refractivity contribution in [1.29, 1.82) is 0 Å². The van der Waals surface area contributed by atoms with E-state index in [1.54, 1.807) is 0 Å². The van der Waals surface area contributed by atoms with E-state index in [1.807, 2.05) is 56.3 Å². The number of carboxylic acids is 1. The Labute approximate surface area is 185 Å². The van der Waals surface area contributed by atoms with Crippen LogP contribution in [0.3, 0.4) is 0 Å². The number of aryl methyl sites for hydroxylation is 2. The van der Waals surface area contributed by atoms with E-state index in [1.165, 1.54) is 5.56 Å². The van der Waals surface area contributed by atoms with Crippen molar-refractivity contribution in [2.45, 2.75) is 33.3 Å². The molecule has 4 aromatic rings. The van der Waals surface area contributed by atoms with Crippen LogP contribution in [0.1, 0.15) is 28.7 Å². The van der Waals surface area contributed by atoms with Gasteiger partial charge in [0.1, 0.15) is 17.9 Å². The lowest BCUT2D eigenvalue weighted by atomic mass is 10.0. The maximum absolute atomic E-state index is 12.5. The molecule has 0 radical (unpaired) electrons. The quantitative estimate of drug-likeness (QED) is 0.384. The first-order chi connectivity index (χ1) is 15.4. The molecule has 0 saturated heterocycles. The highest BCUT2D eigenvalue weighted by Crippen LogP contribution is 2.30. The first kappa shape index (κ1) is 21.4. The summed E-state index contributed by atoms with van der Waals surface area (Å²) in [5, 5.41) is 9.72. The molecule has 0 aliphatic carbocycles. The number of rotatable bonds is 7. The Hall–Kier alpha value is -3.86. The predicted molar refractivity (Wildman–Crippen MR) is 124 cm³/mol. The van der Waals surface area contributed by atoms with Gasteiger partial charge in [0.15, 0.2) is 0 Å². The van der Waals surface area contributed by atoms with Crippen LogP contribution in [0.15, 0.2) is 75.9 Å². The third-order valence-corrected chi connectivity index (χ3v) is 5.70. The van der Waals surface area contributed by atoms with Crippen LogP contribution in [0.5, 0.6) is 5.75 Å². The summed E-state index contributed by atoms with van der Waals surface area (Å²) in [5.74, 6) is -0.300. The molecule has 0 atom stereocenters. The molecular formula is C27H24O5. The Bertz CT molecular complexity index is 1320. The molecule has 4 rings (SSSR count). The molecule has 0 bridgehead atoms. The van der Waals surface area contributed by atoms with Gasteiger partial charge in [-0.2, -0.15) is 0 Å². The van der Waals surface area contributed by atoms with Gasteiger partial charge in [0, 0.05) is 22.9 Å². The summed E-state index contributed by atoms with van der Waals surface area (Å²) >= 11 is 0. The van der Waals surface area contributed by atoms with Crippen molar-refractivity contribution < 1.29 is 19.1 Å². The van der Waals surface area contributed by atoms with Crippen LogP contribution >= 0.6 is 0 Å². The fraction of sp³-hybridized carbons (Fsp3) is 0.185. The van der Waals surface area contributed by atoms with E-state index in [0.717, 1.165) is 27.6 Å². The van der Waals surface area contributed by atoms with E-state index in [2.05, 4.69) is 24.3 Å². The average Bonchev–Trinajstić information content (AvgIpc) is 2.80. The average molecular weight is 428 g/mol. The first-order valence-electron chi connectivity index (χ1n) is 10.5. The largest absolute Gasteiger partial charge is 0.488 e. The van der Waals surface area contributed by atoms with Gasteiger partial charge in [-0.3, -0.25) is 4.79 Å². The number of carbonyl (C=O) groups is 1. The SMILES string of the molecule is Cc1c(CCC(=O)O)c(=O)oc2c(C)c(OCc3ccc(-c4ccccc4)cc3)ccc12. The van der Waals surface area contributed by atoms with Gasteiger partial charge in [0.05, 0.1) is 0 Å². The Morgan fingerprint density at radius 1 is 0.906 bits per heavy atom. The molecule has 1 N–H and O–H groups in total. The lowest BCUT2D eigenvalue weighted by Gasteiger charge is -2.13. The van der Waals surface area contributed by atoms with Gasteiger partial charge in [-0.05, 0) is 54.7 Å². The normalized spacial score (nSPS) is 10.9. The van der Waals surface area contributed by atoms with Gasteiger partial charge >= 0.3 is 11.6 Å². The molecule has 0 amide bonds. The maximum Gasteiger partial charge on any atom is 0.339 e. The summed E-state index contributed by atoms with van der Waals surface area (Å²) in [5.41, 5.74) is 5.23. The zero-order valence-corrected chi connectivity index (χ0v) is 18.1. The number of carboxylic acid groups (broad SMARTS) is 1. The van der Waals surface area contributed by atoms with Gasteiger partial charge in [0.25, 0.3) is 0 Å². The molecule has 0 spiro atoms. The molecule has 0 aliphatic heterocycles. The van der Waals surface area contributed by atoms with Crippen molar-refractivity contribution in [2.75, 3.05) is 0 Å². The maximum atomic E-state index is 12.5. The predicted octanol–water partition coefficient (Wildman–Crippen LogP) is 5.67. The number of hydrogen-bond donors (Lipinski definition) is 1. The number of hydrogen-bond acceptors (Lipinski definition) is 4. The zero-order chi connectivity index (χ0) is 22.7. The smallest absolute Gasteiger partial charge is 0.339 e. The topological polar surface area (TPSA) is 76.7 Å². The lowest BCUT2D eigenvalue weighted by molar-refractivity contribution is -0.136. The van der Waals surface area contributed by atoms with E-state index in [9.17, 15) is 9.59 Å². The summed E-state index contributed by atoms with van der Waals surface area (Å²) in [7, 11) is 0. The molecule has 0 unspecified atom stereocenters. The second-order valence-corrected chi connectivity index (χ2v) is 7.80. The number of ether oxygens (including phenoxy) is 1. The molecule has 162 valence electrons. The van der Waals surface area contributed by atoms with Crippen molar-refractivity contribution in [3.8, 4) is 16.9 Å². The molecule has 1 heterocycles. The second kappa shape index (κ2) is 9.10. The second-order valence-electron chi connectivity index (χ2n) is 7.80. The standard InChI is InChI=1S/C27H24O5/c1-17-22-12-14-24(18(2)26(22)32-27(30)23(17)13-15-25(28)29)31-16-19-8-10-21(11-9-19)20-6-4-3-5-7-20/h3-12,14H,13,15-16H2,1-2H3,(H,28,29). The Kier molecular flexibility index (Phi) is 6.08. The minimum Gasteiger partial charge on any atom is -0.488 e. The minimum atomic E-state index is -0.944. The third kappa shape index (κ3) is 4.42. The van der Waals surface area contributed by atoms with Crippen LogP contribution in [0.25, 0.3) is 22.1 Å². The first-order valence-corrected chi connectivity index (χ1v) is 10.5. The molecule has 0 saturated carbocycles. The highest BCUT2D eigenvalue weighted by atomic mass is 16.5. The third-order valence-electron chi connectivity index (χ3n) is 5.70. The molecule has 3 aromatic carbocycles. The lowest BCUT2D eigenvalue weighted by Crippen LogP contribution is -2.12. The van der Waals surface area contributed by atoms with Gasteiger partial charge < -0.3 is 14.3 Å². The van der Waals surface area contributed by atoms with Crippen molar-refractivity contribution >= 4 is 16.9 Å². The zero-order valence-electron chi connectivity index (χ0n) is 18.1. The van der Waals surface area contributed by atoms with Gasteiger partial charge in [0.2, 0.25) is 0 Å². The molecule has 5 heteroatoms. The van der Waals surface area contributed by atoms with E-state index in [-0.39, 0.29) is 12.8 Å². The highest BCUT2D eigenvalue weighted by Gasteiger charge is 2.16.